The number of rotatable bonds is 5. The number of hydrogen-bond donors (Lipinski definition) is 1. The van der Waals surface area contributed by atoms with Crippen LogP contribution in [0, 0.1) is 5.92 Å². The Morgan fingerprint density at radius 3 is 2.69 bits per heavy atom. The summed E-state index contributed by atoms with van der Waals surface area (Å²) in [5.74, 6) is 0.867. The maximum absolute atomic E-state index is 11.4. The van der Waals surface area contributed by atoms with Crippen molar-refractivity contribution in [3.8, 4) is 5.88 Å². The molecule has 1 aromatic rings. The van der Waals surface area contributed by atoms with Crippen molar-refractivity contribution < 1.29 is 9.53 Å². The Morgan fingerprint density at radius 2 is 2.19 bits per heavy atom. The molecule has 1 heterocycles. The molecule has 0 spiro atoms. The number of aromatic nitrogens is 2. The van der Waals surface area contributed by atoms with Crippen LogP contribution in [0.5, 0.6) is 5.88 Å². The lowest BCUT2D eigenvalue weighted by molar-refractivity contribution is -0.121. The van der Waals surface area contributed by atoms with Crippen LogP contribution in [0.4, 0.5) is 0 Å². The predicted octanol–water partition coefficient (Wildman–Crippen LogP) is 1.15. The predicted molar refractivity (Wildman–Crippen MR) is 59.9 cm³/mol. The molecule has 0 aliphatic carbocycles. The van der Waals surface area contributed by atoms with Gasteiger partial charge in [-0.3, -0.25) is 9.78 Å². The Kier molecular flexibility index (Phi) is 4.69. The standard InChI is InChI=1S/C11H17N3O2/c1-8(2)4-10(15)13-5-9-6-14-11(16-3)7-12-9/h6-8H,4-5H2,1-3H3,(H,13,15). The number of ether oxygens (including phenoxy) is 1. The van der Waals surface area contributed by atoms with Crippen molar-refractivity contribution >= 4 is 5.91 Å². The van der Waals surface area contributed by atoms with E-state index in [1.807, 2.05) is 13.8 Å². The van der Waals surface area contributed by atoms with Crippen LogP contribution >= 0.6 is 0 Å². The Labute approximate surface area is 95.3 Å². The molecule has 0 bridgehead atoms. The van der Waals surface area contributed by atoms with Crippen LogP contribution in [0.15, 0.2) is 12.4 Å². The van der Waals surface area contributed by atoms with Gasteiger partial charge in [0.25, 0.3) is 0 Å². The van der Waals surface area contributed by atoms with Crippen LogP contribution in [0.1, 0.15) is 26.0 Å². The molecule has 0 saturated carbocycles. The highest BCUT2D eigenvalue weighted by molar-refractivity contribution is 5.75. The summed E-state index contributed by atoms with van der Waals surface area (Å²) < 4.78 is 4.89. The van der Waals surface area contributed by atoms with E-state index in [1.54, 1.807) is 6.20 Å². The fraction of sp³-hybridized carbons (Fsp3) is 0.545. The first-order chi connectivity index (χ1) is 7.61. The molecule has 88 valence electrons. The molecule has 0 aliphatic rings. The zero-order valence-electron chi connectivity index (χ0n) is 9.86. The van der Waals surface area contributed by atoms with Gasteiger partial charge in [-0.2, -0.15) is 0 Å². The molecule has 0 aromatic carbocycles. The normalized spacial score (nSPS) is 10.2. The first kappa shape index (κ1) is 12.4. The number of hydrogen-bond acceptors (Lipinski definition) is 4. The quantitative estimate of drug-likeness (QED) is 0.813. The second-order valence-corrected chi connectivity index (χ2v) is 3.92. The first-order valence-electron chi connectivity index (χ1n) is 5.23. The number of carbonyl (C=O) groups is 1. The molecule has 1 amide bonds. The van der Waals surface area contributed by atoms with E-state index in [9.17, 15) is 4.79 Å². The minimum absolute atomic E-state index is 0.0348. The van der Waals surface area contributed by atoms with Gasteiger partial charge in [0.2, 0.25) is 11.8 Å². The summed E-state index contributed by atoms with van der Waals surface area (Å²) in [6.07, 6.45) is 3.65. The number of nitrogens with zero attached hydrogens (tertiary/aromatic N) is 2. The van der Waals surface area contributed by atoms with Crippen molar-refractivity contribution in [2.24, 2.45) is 5.92 Å². The summed E-state index contributed by atoms with van der Waals surface area (Å²) in [4.78, 5) is 19.5. The van der Waals surface area contributed by atoms with Gasteiger partial charge in [0.05, 0.1) is 31.7 Å². The zero-order chi connectivity index (χ0) is 12.0. The number of methoxy groups -OCH3 is 1. The van der Waals surface area contributed by atoms with Crippen molar-refractivity contribution in [3.05, 3.63) is 18.1 Å². The summed E-state index contributed by atoms with van der Waals surface area (Å²) in [5.41, 5.74) is 0.720. The van der Waals surface area contributed by atoms with Crippen molar-refractivity contribution in [3.63, 3.8) is 0 Å². The molecule has 1 rings (SSSR count). The Balaban J connectivity index is 2.39. The van der Waals surface area contributed by atoms with Crippen molar-refractivity contribution in [2.75, 3.05) is 7.11 Å². The minimum atomic E-state index is 0.0348. The Morgan fingerprint density at radius 1 is 1.44 bits per heavy atom. The molecule has 0 atom stereocenters. The van der Waals surface area contributed by atoms with Gasteiger partial charge in [0, 0.05) is 6.42 Å². The van der Waals surface area contributed by atoms with Crippen LogP contribution in [0.25, 0.3) is 0 Å². The highest BCUT2D eigenvalue weighted by Gasteiger charge is 2.04. The van der Waals surface area contributed by atoms with Crippen LogP contribution in [-0.4, -0.2) is 23.0 Å². The maximum Gasteiger partial charge on any atom is 0.231 e. The van der Waals surface area contributed by atoms with Crippen LogP contribution < -0.4 is 10.1 Å². The van der Waals surface area contributed by atoms with Crippen molar-refractivity contribution in [2.45, 2.75) is 26.8 Å². The van der Waals surface area contributed by atoms with Crippen molar-refractivity contribution in [1.29, 1.82) is 0 Å². The second kappa shape index (κ2) is 6.05. The molecule has 5 heteroatoms. The molecule has 5 nitrogen and oxygen atoms in total. The van der Waals surface area contributed by atoms with Gasteiger partial charge in [-0.15, -0.1) is 0 Å². The summed E-state index contributed by atoms with van der Waals surface area (Å²) in [6.45, 7) is 4.42. The SMILES string of the molecule is COc1cnc(CNC(=O)CC(C)C)cn1. The Bertz CT molecular complexity index is 336. The molecule has 16 heavy (non-hydrogen) atoms. The number of carbonyl (C=O) groups excluding carboxylic acids is 1. The van der Waals surface area contributed by atoms with E-state index in [1.165, 1.54) is 13.3 Å². The van der Waals surface area contributed by atoms with Gasteiger partial charge in [0.15, 0.2) is 0 Å². The third kappa shape index (κ3) is 4.25. The molecule has 0 unspecified atom stereocenters. The molecule has 1 aromatic heterocycles. The van der Waals surface area contributed by atoms with Gasteiger partial charge in [-0.1, -0.05) is 13.8 Å². The monoisotopic (exact) mass is 223 g/mol. The average molecular weight is 223 g/mol. The Hall–Kier alpha value is -1.65. The fourth-order valence-electron chi connectivity index (χ4n) is 1.17. The molecule has 1 N–H and O–H groups in total. The summed E-state index contributed by atoms with van der Waals surface area (Å²) in [6, 6.07) is 0. The fourth-order valence-corrected chi connectivity index (χ4v) is 1.17. The van der Waals surface area contributed by atoms with Crippen LogP contribution in [-0.2, 0) is 11.3 Å². The number of nitrogens with one attached hydrogen (secondary N) is 1. The highest BCUT2D eigenvalue weighted by atomic mass is 16.5. The summed E-state index contributed by atoms with van der Waals surface area (Å²) in [5, 5.41) is 2.79. The largest absolute Gasteiger partial charge is 0.480 e. The first-order valence-corrected chi connectivity index (χ1v) is 5.23. The lowest BCUT2D eigenvalue weighted by atomic mass is 10.1. The third-order valence-corrected chi connectivity index (χ3v) is 1.95. The van der Waals surface area contributed by atoms with E-state index in [2.05, 4.69) is 15.3 Å². The topological polar surface area (TPSA) is 64.1 Å². The molecule has 0 fully saturated rings. The van der Waals surface area contributed by atoms with Gasteiger partial charge < -0.3 is 10.1 Å². The third-order valence-electron chi connectivity index (χ3n) is 1.95. The smallest absolute Gasteiger partial charge is 0.231 e. The summed E-state index contributed by atoms with van der Waals surface area (Å²) in [7, 11) is 1.54. The molecular formula is C11H17N3O2. The van der Waals surface area contributed by atoms with Crippen molar-refractivity contribution in [1.82, 2.24) is 15.3 Å². The molecule has 0 aliphatic heterocycles. The second-order valence-electron chi connectivity index (χ2n) is 3.92. The lowest BCUT2D eigenvalue weighted by Crippen LogP contribution is -2.24. The van der Waals surface area contributed by atoms with Gasteiger partial charge in [-0.25, -0.2) is 4.98 Å². The molecular weight excluding hydrogens is 206 g/mol. The highest BCUT2D eigenvalue weighted by Crippen LogP contribution is 2.03. The zero-order valence-corrected chi connectivity index (χ0v) is 9.86. The van der Waals surface area contributed by atoms with E-state index >= 15 is 0 Å². The lowest BCUT2D eigenvalue weighted by Gasteiger charge is -2.06. The van der Waals surface area contributed by atoms with Gasteiger partial charge in [-0.05, 0) is 5.92 Å². The average Bonchev–Trinajstić information content (AvgIpc) is 2.26. The summed E-state index contributed by atoms with van der Waals surface area (Å²) >= 11 is 0. The van der Waals surface area contributed by atoms with E-state index in [-0.39, 0.29) is 5.91 Å². The van der Waals surface area contributed by atoms with Crippen LogP contribution in [0.3, 0.4) is 0 Å². The van der Waals surface area contributed by atoms with E-state index in [0.29, 0.717) is 24.8 Å². The van der Waals surface area contributed by atoms with Crippen LogP contribution in [0.2, 0.25) is 0 Å². The van der Waals surface area contributed by atoms with E-state index in [0.717, 1.165) is 5.69 Å². The van der Waals surface area contributed by atoms with E-state index in [4.69, 9.17) is 4.74 Å². The number of amides is 1. The maximum atomic E-state index is 11.4. The van der Waals surface area contributed by atoms with Gasteiger partial charge in [0.1, 0.15) is 0 Å². The molecule has 0 radical (unpaired) electrons. The minimum Gasteiger partial charge on any atom is -0.480 e. The van der Waals surface area contributed by atoms with E-state index < -0.39 is 0 Å². The molecule has 0 saturated heterocycles. The van der Waals surface area contributed by atoms with Gasteiger partial charge >= 0.3 is 0 Å².